The second-order valence-electron chi connectivity index (χ2n) is 4.49. The summed E-state index contributed by atoms with van der Waals surface area (Å²) < 4.78 is 6.53. The van der Waals surface area contributed by atoms with Crippen LogP contribution in [0.15, 0.2) is 18.3 Å². The first-order valence-corrected chi connectivity index (χ1v) is 6.57. The second kappa shape index (κ2) is 7.61. The number of esters is 1. The first-order chi connectivity index (χ1) is 9.10. The van der Waals surface area contributed by atoms with Gasteiger partial charge in [0.25, 0.3) is 5.91 Å². The number of aryl methyl sites for hydroxylation is 1. The first-order valence-electron chi connectivity index (χ1n) is 6.57. The minimum atomic E-state index is -0.241. The molecule has 106 valence electrons. The fourth-order valence-electron chi connectivity index (χ4n) is 1.90. The number of methoxy groups -OCH3 is 1. The molecule has 0 bridgehead atoms. The van der Waals surface area contributed by atoms with Crippen LogP contribution in [0.1, 0.15) is 36.7 Å². The molecule has 1 aromatic heterocycles. The summed E-state index contributed by atoms with van der Waals surface area (Å²) in [5, 5.41) is 0. The Bertz CT molecular complexity index is 426. The Labute approximate surface area is 114 Å². The topological polar surface area (TPSA) is 51.5 Å². The highest BCUT2D eigenvalue weighted by molar-refractivity contribution is 5.92. The van der Waals surface area contributed by atoms with E-state index in [-0.39, 0.29) is 11.9 Å². The molecule has 0 saturated heterocycles. The SMILES string of the molecule is CCCn1cccc1C(=O)N(C)CCCC(=O)OC. The summed E-state index contributed by atoms with van der Waals surface area (Å²) in [5.74, 6) is -0.251. The van der Waals surface area contributed by atoms with Gasteiger partial charge in [0.1, 0.15) is 5.69 Å². The van der Waals surface area contributed by atoms with Crippen molar-refractivity contribution >= 4 is 11.9 Å². The van der Waals surface area contributed by atoms with Gasteiger partial charge in [-0.05, 0) is 25.0 Å². The van der Waals surface area contributed by atoms with Crippen molar-refractivity contribution in [1.29, 1.82) is 0 Å². The van der Waals surface area contributed by atoms with Gasteiger partial charge in [-0.1, -0.05) is 6.92 Å². The van der Waals surface area contributed by atoms with Crippen LogP contribution in [0.3, 0.4) is 0 Å². The number of rotatable bonds is 7. The minimum Gasteiger partial charge on any atom is -0.469 e. The number of nitrogens with zero attached hydrogens (tertiary/aromatic N) is 2. The van der Waals surface area contributed by atoms with Crippen molar-refractivity contribution in [2.45, 2.75) is 32.7 Å². The molecule has 0 aliphatic carbocycles. The molecule has 1 aromatic rings. The van der Waals surface area contributed by atoms with Crippen molar-refractivity contribution in [3.05, 3.63) is 24.0 Å². The molecule has 5 heteroatoms. The average molecular weight is 266 g/mol. The average Bonchev–Trinajstić information content (AvgIpc) is 2.86. The number of carbonyl (C=O) groups excluding carboxylic acids is 2. The molecule has 0 aliphatic rings. The van der Waals surface area contributed by atoms with E-state index in [0.717, 1.165) is 13.0 Å². The number of aromatic nitrogens is 1. The van der Waals surface area contributed by atoms with Gasteiger partial charge in [-0.25, -0.2) is 0 Å². The molecule has 0 N–H and O–H groups in total. The van der Waals surface area contributed by atoms with Crippen LogP contribution < -0.4 is 0 Å². The van der Waals surface area contributed by atoms with Gasteiger partial charge in [-0.3, -0.25) is 9.59 Å². The summed E-state index contributed by atoms with van der Waals surface area (Å²) >= 11 is 0. The van der Waals surface area contributed by atoms with E-state index in [1.807, 2.05) is 22.9 Å². The lowest BCUT2D eigenvalue weighted by Crippen LogP contribution is -2.30. The van der Waals surface area contributed by atoms with Crippen LogP contribution in [0.2, 0.25) is 0 Å². The van der Waals surface area contributed by atoms with Gasteiger partial charge < -0.3 is 14.2 Å². The third-order valence-electron chi connectivity index (χ3n) is 2.96. The fourth-order valence-corrected chi connectivity index (χ4v) is 1.90. The Balaban J connectivity index is 2.51. The molecule has 1 rings (SSSR count). The monoisotopic (exact) mass is 266 g/mol. The van der Waals surface area contributed by atoms with E-state index >= 15 is 0 Å². The Hall–Kier alpha value is -1.78. The molecule has 1 heterocycles. The molecular weight excluding hydrogens is 244 g/mol. The van der Waals surface area contributed by atoms with Gasteiger partial charge in [0.2, 0.25) is 0 Å². The molecule has 0 aliphatic heterocycles. The molecular formula is C14H22N2O3. The summed E-state index contributed by atoms with van der Waals surface area (Å²) in [6.07, 6.45) is 3.85. The van der Waals surface area contributed by atoms with Gasteiger partial charge >= 0.3 is 5.97 Å². The lowest BCUT2D eigenvalue weighted by atomic mass is 10.3. The van der Waals surface area contributed by atoms with Crippen LogP contribution in [0, 0.1) is 0 Å². The van der Waals surface area contributed by atoms with Crippen molar-refractivity contribution in [3.63, 3.8) is 0 Å². The van der Waals surface area contributed by atoms with Crippen LogP contribution in [0.4, 0.5) is 0 Å². The zero-order valence-electron chi connectivity index (χ0n) is 11.9. The van der Waals surface area contributed by atoms with Gasteiger partial charge in [-0.15, -0.1) is 0 Å². The van der Waals surface area contributed by atoms with Gasteiger partial charge in [0.05, 0.1) is 7.11 Å². The summed E-state index contributed by atoms with van der Waals surface area (Å²) in [6, 6.07) is 3.71. The van der Waals surface area contributed by atoms with Crippen molar-refractivity contribution in [2.75, 3.05) is 20.7 Å². The van der Waals surface area contributed by atoms with Crippen molar-refractivity contribution in [1.82, 2.24) is 9.47 Å². The van der Waals surface area contributed by atoms with E-state index in [1.54, 1.807) is 11.9 Å². The predicted molar refractivity (Wildman–Crippen MR) is 72.9 cm³/mol. The normalized spacial score (nSPS) is 10.3. The fraction of sp³-hybridized carbons (Fsp3) is 0.571. The van der Waals surface area contributed by atoms with Crippen molar-refractivity contribution in [2.24, 2.45) is 0 Å². The minimum absolute atomic E-state index is 0.0108. The third-order valence-corrected chi connectivity index (χ3v) is 2.96. The zero-order chi connectivity index (χ0) is 14.3. The standard InChI is InChI=1S/C14H22N2O3/c1-4-9-16-11-5-7-12(16)14(18)15(2)10-6-8-13(17)19-3/h5,7,11H,4,6,8-10H2,1-3H3. The largest absolute Gasteiger partial charge is 0.469 e. The van der Waals surface area contributed by atoms with E-state index in [2.05, 4.69) is 11.7 Å². The maximum Gasteiger partial charge on any atom is 0.305 e. The lowest BCUT2D eigenvalue weighted by molar-refractivity contribution is -0.140. The summed E-state index contributed by atoms with van der Waals surface area (Å²) in [6.45, 7) is 3.46. The predicted octanol–water partition coefficient (Wildman–Crippen LogP) is 1.92. The molecule has 19 heavy (non-hydrogen) atoms. The summed E-state index contributed by atoms with van der Waals surface area (Å²) in [7, 11) is 3.12. The lowest BCUT2D eigenvalue weighted by Gasteiger charge is -2.18. The maximum atomic E-state index is 12.2. The Kier molecular flexibility index (Phi) is 6.12. The molecule has 0 radical (unpaired) electrons. The van der Waals surface area contributed by atoms with Crippen LogP contribution >= 0.6 is 0 Å². The molecule has 0 spiro atoms. The van der Waals surface area contributed by atoms with Crippen LogP contribution in [-0.2, 0) is 16.1 Å². The van der Waals surface area contributed by atoms with Crippen LogP contribution in [0.25, 0.3) is 0 Å². The highest BCUT2D eigenvalue weighted by atomic mass is 16.5. The van der Waals surface area contributed by atoms with Crippen LogP contribution in [-0.4, -0.2) is 42.0 Å². The van der Waals surface area contributed by atoms with Crippen molar-refractivity contribution in [3.8, 4) is 0 Å². The van der Waals surface area contributed by atoms with E-state index < -0.39 is 0 Å². The van der Waals surface area contributed by atoms with E-state index in [1.165, 1.54) is 7.11 Å². The number of ether oxygens (including phenoxy) is 1. The number of hydrogen-bond donors (Lipinski definition) is 0. The maximum absolute atomic E-state index is 12.2. The molecule has 0 aromatic carbocycles. The molecule has 0 fully saturated rings. The molecule has 5 nitrogen and oxygen atoms in total. The van der Waals surface area contributed by atoms with Gasteiger partial charge in [0, 0.05) is 32.8 Å². The Morgan fingerprint density at radius 2 is 2.16 bits per heavy atom. The first kappa shape index (κ1) is 15.3. The number of amides is 1. The highest BCUT2D eigenvalue weighted by Crippen LogP contribution is 2.08. The van der Waals surface area contributed by atoms with Crippen molar-refractivity contribution < 1.29 is 14.3 Å². The Morgan fingerprint density at radius 3 is 2.79 bits per heavy atom. The Morgan fingerprint density at radius 1 is 1.42 bits per heavy atom. The zero-order valence-corrected chi connectivity index (χ0v) is 11.9. The molecule has 1 amide bonds. The van der Waals surface area contributed by atoms with Gasteiger partial charge in [0.15, 0.2) is 0 Å². The molecule has 0 saturated carbocycles. The quantitative estimate of drug-likeness (QED) is 0.708. The number of hydrogen-bond acceptors (Lipinski definition) is 3. The van der Waals surface area contributed by atoms with Crippen LogP contribution in [0.5, 0.6) is 0 Å². The second-order valence-corrected chi connectivity index (χ2v) is 4.49. The van der Waals surface area contributed by atoms with E-state index in [4.69, 9.17) is 0 Å². The highest BCUT2D eigenvalue weighted by Gasteiger charge is 2.15. The molecule has 0 atom stereocenters. The smallest absolute Gasteiger partial charge is 0.305 e. The van der Waals surface area contributed by atoms with Gasteiger partial charge in [-0.2, -0.15) is 0 Å². The van der Waals surface area contributed by atoms with E-state index in [9.17, 15) is 9.59 Å². The molecule has 0 unspecified atom stereocenters. The van der Waals surface area contributed by atoms with E-state index in [0.29, 0.717) is 25.1 Å². The number of carbonyl (C=O) groups is 2. The summed E-state index contributed by atoms with van der Waals surface area (Å²) in [4.78, 5) is 24.9. The summed E-state index contributed by atoms with van der Waals surface area (Å²) in [5.41, 5.74) is 0.697. The third kappa shape index (κ3) is 4.43.